The van der Waals surface area contributed by atoms with E-state index >= 15 is 0 Å². The predicted octanol–water partition coefficient (Wildman–Crippen LogP) is 2.40. The summed E-state index contributed by atoms with van der Waals surface area (Å²) in [7, 11) is 0. The van der Waals surface area contributed by atoms with E-state index in [-0.39, 0.29) is 11.7 Å². The molecule has 4 saturated carbocycles. The molecule has 1 amide bonds. The number of aliphatic carboxylic acids is 1. The molecule has 0 saturated heterocycles. The second-order valence-electron chi connectivity index (χ2n) is 7.96. The molecule has 3 N–H and O–H groups in total. The molecular formula is C17H26N2O3S2. The molecule has 4 bridgehead atoms. The minimum atomic E-state index is -1.03. The van der Waals surface area contributed by atoms with Crippen LogP contribution in [0.4, 0.5) is 0 Å². The Morgan fingerprint density at radius 3 is 2.21 bits per heavy atom. The first-order valence-corrected chi connectivity index (χ1v) is 10.2. The predicted molar refractivity (Wildman–Crippen MR) is 98.9 cm³/mol. The summed E-state index contributed by atoms with van der Waals surface area (Å²) in [5.74, 6) is 1.63. The van der Waals surface area contributed by atoms with Crippen LogP contribution in [0.25, 0.3) is 0 Å². The van der Waals surface area contributed by atoms with Gasteiger partial charge in [0.1, 0.15) is 10.4 Å². The summed E-state index contributed by atoms with van der Waals surface area (Å²) in [4.78, 5) is 22.2. The van der Waals surface area contributed by atoms with E-state index in [2.05, 4.69) is 10.6 Å². The van der Waals surface area contributed by atoms with Crippen molar-refractivity contribution in [2.45, 2.75) is 51.5 Å². The Hall–Kier alpha value is -0.820. The largest absolute Gasteiger partial charge is 0.480 e. The fraction of sp³-hybridized carbons (Fsp3) is 0.824. The molecule has 0 aromatic rings. The maximum Gasteiger partial charge on any atom is 0.327 e. The normalized spacial score (nSPS) is 34.6. The molecule has 134 valence electrons. The SMILES string of the molecule is CC(=O)NC(CSC(=S)NCC12CC3CC(CC(C3)C1)C2)C(=O)O. The molecule has 1 unspecified atom stereocenters. The summed E-state index contributed by atoms with van der Waals surface area (Å²) in [6.45, 7) is 2.24. The molecule has 7 heteroatoms. The average Bonchev–Trinajstić information content (AvgIpc) is 2.47. The van der Waals surface area contributed by atoms with E-state index in [0.29, 0.717) is 9.74 Å². The maximum atomic E-state index is 11.1. The van der Waals surface area contributed by atoms with Gasteiger partial charge < -0.3 is 15.7 Å². The van der Waals surface area contributed by atoms with Gasteiger partial charge in [0.25, 0.3) is 0 Å². The lowest BCUT2D eigenvalue weighted by Crippen LogP contribution is -2.51. The van der Waals surface area contributed by atoms with Gasteiger partial charge in [0, 0.05) is 19.2 Å². The van der Waals surface area contributed by atoms with Gasteiger partial charge >= 0.3 is 5.97 Å². The highest BCUT2D eigenvalue weighted by atomic mass is 32.2. The van der Waals surface area contributed by atoms with Crippen LogP contribution in [0.1, 0.15) is 45.4 Å². The number of thiocarbonyl (C=S) groups is 1. The first-order valence-electron chi connectivity index (χ1n) is 8.76. The molecule has 24 heavy (non-hydrogen) atoms. The van der Waals surface area contributed by atoms with E-state index in [4.69, 9.17) is 17.3 Å². The number of rotatable bonds is 6. The molecule has 0 radical (unpaired) electrons. The van der Waals surface area contributed by atoms with Crippen molar-refractivity contribution in [2.75, 3.05) is 12.3 Å². The van der Waals surface area contributed by atoms with E-state index in [1.165, 1.54) is 57.2 Å². The van der Waals surface area contributed by atoms with Crippen molar-refractivity contribution in [1.82, 2.24) is 10.6 Å². The van der Waals surface area contributed by atoms with Crippen molar-refractivity contribution in [3.63, 3.8) is 0 Å². The number of thioether (sulfide) groups is 1. The second kappa shape index (κ2) is 7.20. The zero-order valence-corrected chi connectivity index (χ0v) is 15.7. The van der Waals surface area contributed by atoms with Crippen LogP contribution in [0.3, 0.4) is 0 Å². The molecule has 0 aliphatic heterocycles. The lowest BCUT2D eigenvalue weighted by molar-refractivity contribution is -0.140. The van der Waals surface area contributed by atoms with Crippen molar-refractivity contribution < 1.29 is 14.7 Å². The van der Waals surface area contributed by atoms with Gasteiger partial charge in [-0.3, -0.25) is 4.79 Å². The molecule has 0 aromatic carbocycles. The first kappa shape index (κ1) is 18.0. The van der Waals surface area contributed by atoms with Crippen LogP contribution in [-0.4, -0.2) is 39.6 Å². The van der Waals surface area contributed by atoms with E-state index < -0.39 is 12.0 Å². The van der Waals surface area contributed by atoms with E-state index in [1.807, 2.05) is 0 Å². The summed E-state index contributed by atoms with van der Waals surface area (Å²) in [5.41, 5.74) is 0.406. The molecule has 5 nitrogen and oxygen atoms in total. The lowest BCUT2D eigenvalue weighted by Gasteiger charge is -2.57. The molecule has 4 aliphatic carbocycles. The van der Waals surface area contributed by atoms with Gasteiger partial charge in [0.05, 0.1) is 0 Å². The van der Waals surface area contributed by atoms with Gasteiger partial charge in [-0.25, -0.2) is 4.79 Å². The summed E-state index contributed by atoms with van der Waals surface area (Å²) in [6.07, 6.45) is 8.25. The number of carboxylic acids is 1. The summed E-state index contributed by atoms with van der Waals surface area (Å²) >= 11 is 6.68. The lowest BCUT2D eigenvalue weighted by atomic mass is 9.49. The first-order chi connectivity index (χ1) is 11.3. The number of carbonyl (C=O) groups is 2. The Morgan fingerprint density at radius 2 is 1.75 bits per heavy atom. The number of hydrogen-bond acceptors (Lipinski definition) is 4. The number of carbonyl (C=O) groups excluding carboxylic acids is 1. The highest BCUT2D eigenvalue weighted by Gasteiger charge is 2.50. The van der Waals surface area contributed by atoms with Crippen molar-refractivity contribution in [3.8, 4) is 0 Å². The minimum absolute atomic E-state index is 0.252. The summed E-state index contributed by atoms with van der Waals surface area (Å²) < 4.78 is 0.641. The molecule has 1 atom stereocenters. The van der Waals surface area contributed by atoms with Crippen molar-refractivity contribution in [2.24, 2.45) is 23.2 Å². The molecule has 0 heterocycles. The highest BCUT2D eigenvalue weighted by Crippen LogP contribution is 2.59. The van der Waals surface area contributed by atoms with Crippen LogP contribution in [0, 0.1) is 23.2 Å². The maximum absolute atomic E-state index is 11.1. The molecule has 4 rings (SSSR count). The molecular weight excluding hydrogens is 344 g/mol. The Morgan fingerprint density at radius 1 is 1.21 bits per heavy atom. The fourth-order valence-electron chi connectivity index (χ4n) is 5.40. The zero-order valence-electron chi connectivity index (χ0n) is 14.0. The molecule has 0 aromatic heterocycles. The van der Waals surface area contributed by atoms with Gasteiger partial charge in [0.2, 0.25) is 5.91 Å². The third-order valence-corrected chi connectivity index (χ3v) is 7.23. The standard InChI is InChI=1S/C17H26N2O3S2/c1-10(20)19-14(15(21)22)8-24-16(23)18-9-17-5-11-2-12(6-17)4-13(3-11)7-17/h11-14H,2-9H2,1H3,(H,18,23)(H,19,20)(H,21,22). The van der Waals surface area contributed by atoms with Gasteiger partial charge in [-0.15, -0.1) is 0 Å². The van der Waals surface area contributed by atoms with Crippen molar-refractivity contribution in [1.29, 1.82) is 0 Å². The van der Waals surface area contributed by atoms with Gasteiger partial charge in [-0.2, -0.15) is 0 Å². The molecule has 0 spiro atoms. The topological polar surface area (TPSA) is 78.4 Å². The number of hydrogen-bond donors (Lipinski definition) is 3. The van der Waals surface area contributed by atoms with E-state index in [0.717, 1.165) is 24.3 Å². The number of amides is 1. The van der Waals surface area contributed by atoms with Crippen molar-refractivity contribution in [3.05, 3.63) is 0 Å². The van der Waals surface area contributed by atoms with Gasteiger partial charge in [-0.1, -0.05) is 24.0 Å². The van der Waals surface area contributed by atoms with Crippen LogP contribution in [0.5, 0.6) is 0 Å². The van der Waals surface area contributed by atoms with Crippen LogP contribution < -0.4 is 10.6 Å². The van der Waals surface area contributed by atoms with Crippen LogP contribution >= 0.6 is 24.0 Å². The van der Waals surface area contributed by atoms with E-state index in [9.17, 15) is 9.59 Å². The number of carboxylic acid groups (broad SMARTS) is 1. The second-order valence-corrected chi connectivity index (χ2v) is 9.66. The summed E-state index contributed by atoms with van der Waals surface area (Å²) in [5, 5.41) is 14.9. The van der Waals surface area contributed by atoms with Crippen LogP contribution in [-0.2, 0) is 9.59 Å². The zero-order chi connectivity index (χ0) is 17.3. The molecule has 4 fully saturated rings. The molecule has 4 aliphatic rings. The van der Waals surface area contributed by atoms with Crippen molar-refractivity contribution >= 4 is 40.2 Å². The smallest absolute Gasteiger partial charge is 0.327 e. The van der Waals surface area contributed by atoms with Crippen LogP contribution in [0.2, 0.25) is 0 Å². The van der Waals surface area contributed by atoms with Crippen LogP contribution in [0.15, 0.2) is 0 Å². The third kappa shape index (κ3) is 4.23. The fourth-order valence-corrected chi connectivity index (χ4v) is 6.39. The highest BCUT2D eigenvalue weighted by molar-refractivity contribution is 8.23. The summed E-state index contributed by atoms with van der Waals surface area (Å²) in [6, 6.07) is -0.896. The van der Waals surface area contributed by atoms with Gasteiger partial charge in [-0.05, 0) is 61.7 Å². The Balaban J connectivity index is 1.46. The third-order valence-electron chi connectivity index (χ3n) is 5.83. The Labute approximate surface area is 152 Å². The van der Waals surface area contributed by atoms with E-state index in [1.54, 1.807) is 0 Å². The Kier molecular flexibility index (Phi) is 5.39. The minimum Gasteiger partial charge on any atom is -0.480 e. The quantitative estimate of drug-likeness (QED) is 0.623. The van der Waals surface area contributed by atoms with Gasteiger partial charge in [0.15, 0.2) is 0 Å². The monoisotopic (exact) mass is 370 g/mol. The number of nitrogens with one attached hydrogen (secondary N) is 2. The average molecular weight is 371 g/mol. The Bertz CT molecular complexity index is 503.